The molecule has 2 heterocycles. The third-order valence-corrected chi connectivity index (χ3v) is 10.5. The lowest BCUT2D eigenvalue weighted by molar-refractivity contribution is 0.663. The lowest BCUT2D eigenvalue weighted by Gasteiger charge is -2.19. The Morgan fingerprint density at radius 2 is 0.860 bits per heavy atom. The normalized spacial score (nSPS) is 12.0. The molecule has 0 radical (unpaired) electrons. The van der Waals surface area contributed by atoms with Crippen molar-refractivity contribution in [1.82, 2.24) is 0 Å². The first-order valence-corrected chi connectivity index (χ1v) is 17.1. The maximum atomic E-state index is 6.66. The number of hydrogen-bond donors (Lipinski definition) is 0. The highest BCUT2D eigenvalue weighted by atomic mass is 16.3. The van der Waals surface area contributed by atoms with Crippen LogP contribution >= 0.6 is 0 Å². The van der Waals surface area contributed by atoms with Gasteiger partial charge < -0.3 is 8.83 Å². The molecule has 11 rings (SSSR count). The lowest BCUT2D eigenvalue weighted by atomic mass is 9.83. The summed E-state index contributed by atoms with van der Waals surface area (Å²) in [4.78, 5) is 0. The second-order valence-corrected chi connectivity index (χ2v) is 13.1. The van der Waals surface area contributed by atoms with Gasteiger partial charge in [-0.1, -0.05) is 140 Å². The van der Waals surface area contributed by atoms with Crippen molar-refractivity contribution in [3.63, 3.8) is 0 Å². The van der Waals surface area contributed by atoms with Crippen LogP contribution in [0.2, 0.25) is 0 Å². The van der Waals surface area contributed by atoms with Gasteiger partial charge >= 0.3 is 0 Å². The minimum Gasteiger partial charge on any atom is -0.456 e. The minimum atomic E-state index is 0.859. The van der Waals surface area contributed by atoms with Gasteiger partial charge in [0.2, 0.25) is 0 Å². The number of hydrogen-bond acceptors (Lipinski definition) is 2. The van der Waals surface area contributed by atoms with Crippen LogP contribution in [0.5, 0.6) is 0 Å². The third-order valence-electron chi connectivity index (χ3n) is 10.5. The van der Waals surface area contributed by atoms with Gasteiger partial charge in [0, 0.05) is 21.5 Å². The van der Waals surface area contributed by atoms with Crippen molar-refractivity contribution in [3.05, 3.63) is 170 Å². The van der Waals surface area contributed by atoms with Crippen molar-refractivity contribution in [1.29, 1.82) is 0 Å². The quantitative estimate of drug-likeness (QED) is 0.180. The number of furan rings is 2. The van der Waals surface area contributed by atoms with Crippen LogP contribution in [0.4, 0.5) is 0 Å². The Balaban J connectivity index is 1.34. The van der Waals surface area contributed by atoms with Gasteiger partial charge in [-0.25, -0.2) is 0 Å². The molecule has 0 saturated carbocycles. The van der Waals surface area contributed by atoms with Crippen LogP contribution < -0.4 is 0 Å². The van der Waals surface area contributed by atoms with Crippen molar-refractivity contribution >= 4 is 76.2 Å². The molecule has 0 atom stereocenters. The zero-order chi connectivity index (χ0) is 32.8. The highest BCUT2D eigenvalue weighted by Crippen LogP contribution is 2.49. The van der Waals surface area contributed by atoms with Gasteiger partial charge in [0.1, 0.15) is 22.3 Å². The number of para-hydroxylation sites is 1. The van der Waals surface area contributed by atoms with Gasteiger partial charge in [0.05, 0.1) is 0 Å². The summed E-state index contributed by atoms with van der Waals surface area (Å²) in [5.41, 5.74) is 10.7. The molecule has 232 valence electrons. The molecule has 0 aliphatic rings. The molecule has 0 spiro atoms. The Kier molecular flexibility index (Phi) is 5.70. The van der Waals surface area contributed by atoms with E-state index >= 15 is 0 Å². The third kappa shape index (κ3) is 3.85. The van der Waals surface area contributed by atoms with Crippen LogP contribution in [0.25, 0.3) is 110 Å². The molecule has 11 aromatic rings. The zero-order valence-corrected chi connectivity index (χ0v) is 27.0. The van der Waals surface area contributed by atoms with E-state index in [1.807, 2.05) is 18.2 Å². The highest BCUT2D eigenvalue weighted by molar-refractivity contribution is 6.31. The summed E-state index contributed by atoms with van der Waals surface area (Å²) in [6.45, 7) is 0. The molecule has 0 fully saturated rings. The van der Waals surface area contributed by atoms with E-state index in [0.29, 0.717) is 0 Å². The monoisotopic (exact) mass is 636 g/mol. The predicted octanol–water partition coefficient (Wildman–Crippen LogP) is 13.9. The summed E-state index contributed by atoms with van der Waals surface area (Å²) >= 11 is 0. The van der Waals surface area contributed by atoms with E-state index in [1.165, 1.54) is 60.1 Å². The maximum absolute atomic E-state index is 6.66. The van der Waals surface area contributed by atoms with Crippen LogP contribution in [0.15, 0.2) is 179 Å². The molecule has 0 bridgehead atoms. The summed E-state index contributed by atoms with van der Waals surface area (Å²) < 4.78 is 13.0. The van der Waals surface area contributed by atoms with Crippen LogP contribution in [0, 0.1) is 0 Å². The van der Waals surface area contributed by atoms with Crippen LogP contribution in [0.1, 0.15) is 0 Å². The van der Waals surface area contributed by atoms with Gasteiger partial charge in [-0.15, -0.1) is 0 Å². The van der Waals surface area contributed by atoms with E-state index in [9.17, 15) is 0 Å². The summed E-state index contributed by atoms with van der Waals surface area (Å²) in [7, 11) is 0. The SMILES string of the molecule is c1ccc(-c2c3ccccc3c(-c3cccc4oc5ccc6oc7ccccc7c6c5c34)c3cc(-c4cccc5ccccc45)ccc23)cc1. The molecule has 0 unspecified atom stereocenters. The first-order chi connectivity index (χ1) is 24.8. The number of rotatable bonds is 3. The Morgan fingerprint density at radius 1 is 0.280 bits per heavy atom. The molecular formula is C48H28O2. The molecule has 9 aromatic carbocycles. The average Bonchev–Trinajstić information content (AvgIpc) is 3.75. The van der Waals surface area contributed by atoms with Crippen LogP contribution in [-0.4, -0.2) is 0 Å². The second-order valence-electron chi connectivity index (χ2n) is 13.1. The van der Waals surface area contributed by atoms with Gasteiger partial charge in [0.25, 0.3) is 0 Å². The van der Waals surface area contributed by atoms with Crippen molar-refractivity contribution in [3.8, 4) is 33.4 Å². The minimum absolute atomic E-state index is 0.859. The Bertz CT molecular complexity index is 3140. The average molecular weight is 637 g/mol. The molecule has 50 heavy (non-hydrogen) atoms. The Morgan fingerprint density at radius 3 is 1.72 bits per heavy atom. The topological polar surface area (TPSA) is 26.3 Å². The van der Waals surface area contributed by atoms with Crippen molar-refractivity contribution in [2.24, 2.45) is 0 Å². The Labute approximate surface area is 287 Å². The highest BCUT2D eigenvalue weighted by Gasteiger charge is 2.23. The fourth-order valence-electron chi connectivity index (χ4n) is 8.36. The standard InChI is InChI=1S/C48H28O2/c1-2-13-30(14-3-1)44-34-17-6-7-18-35(34)45(39-28-31(24-25-36(39)44)33-20-10-15-29-12-4-5-16-32(29)33)38-21-11-23-41-47(38)48-43(50-41)27-26-42-46(48)37-19-8-9-22-40(37)49-42/h1-28H. The molecular weight excluding hydrogens is 609 g/mol. The number of fused-ring (bicyclic) bond motifs is 10. The molecule has 0 aliphatic carbocycles. The largest absolute Gasteiger partial charge is 0.456 e. The molecule has 2 nitrogen and oxygen atoms in total. The lowest BCUT2D eigenvalue weighted by Crippen LogP contribution is -1.92. The van der Waals surface area contributed by atoms with Crippen molar-refractivity contribution in [2.45, 2.75) is 0 Å². The molecule has 2 heteroatoms. The van der Waals surface area contributed by atoms with Gasteiger partial charge in [-0.2, -0.15) is 0 Å². The van der Waals surface area contributed by atoms with E-state index in [1.54, 1.807) is 0 Å². The van der Waals surface area contributed by atoms with Gasteiger partial charge in [-0.3, -0.25) is 0 Å². The maximum Gasteiger partial charge on any atom is 0.136 e. The smallest absolute Gasteiger partial charge is 0.136 e. The fourth-order valence-corrected chi connectivity index (χ4v) is 8.36. The number of benzene rings is 9. The van der Waals surface area contributed by atoms with Crippen molar-refractivity contribution in [2.75, 3.05) is 0 Å². The van der Waals surface area contributed by atoms with Crippen LogP contribution in [0.3, 0.4) is 0 Å². The summed E-state index contributed by atoms with van der Waals surface area (Å²) in [6, 6.07) is 60.9. The summed E-state index contributed by atoms with van der Waals surface area (Å²) in [5, 5.41) is 11.7. The first-order valence-electron chi connectivity index (χ1n) is 17.1. The summed E-state index contributed by atoms with van der Waals surface area (Å²) in [6.07, 6.45) is 0. The molecule has 0 aliphatic heterocycles. The van der Waals surface area contributed by atoms with E-state index in [4.69, 9.17) is 8.83 Å². The Hall–Kier alpha value is -6.64. The van der Waals surface area contributed by atoms with Gasteiger partial charge in [0.15, 0.2) is 0 Å². The zero-order valence-electron chi connectivity index (χ0n) is 27.0. The van der Waals surface area contributed by atoms with E-state index in [0.717, 1.165) is 49.4 Å². The van der Waals surface area contributed by atoms with Crippen LogP contribution in [-0.2, 0) is 0 Å². The first kappa shape index (κ1) is 27.3. The molecule has 2 aromatic heterocycles. The van der Waals surface area contributed by atoms with E-state index in [-0.39, 0.29) is 0 Å². The fraction of sp³-hybridized carbons (Fsp3) is 0. The van der Waals surface area contributed by atoms with E-state index < -0.39 is 0 Å². The van der Waals surface area contributed by atoms with Gasteiger partial charge in [-0.05, 0) is 96.0 Å². The van der Waals surface area contributed by atoms with Crippen molar-refractivity contribution < 1.29 is 8.83 Å². The van der Waals surface area contributed by atoms with E-state index in [2.05, 4.69) is 152 Å². The second kappa shape index (κ2) is 10.4. The molecule has 0 amide bonds. The summed E-state index contributed by atoms with van der Waals surface area (Å²) in [5.74, 6) is 0. The molecule has 0 N–H and O–H groups in total. The predicted molar refractivity (Wildman–Crippen MR) is 210 cm³/mol. The molecule has 0 saturated heterocycles.